The molecule has 2 heterocycles. The summed E-state index contributed by atoms with van der Waals surface area (Å²) in [5, 5.41) is 9.24. The van der Waals surface area contributed by atoms with Crippen molar-refractivity contribution < 1.29 is 9.59 Å². The fraction of sp³-hybridized carbons (Fsp3) is 0.368. The Morgan fingerprint density at radius 2 is 1.84 bits per heavy atom. The lowest BCUT2D eigenvalue weighted by molar-refractivity contribution is -0.120. The number of thiophene rings is 1. The summed E-state index contributed by atoms with van der Waals surface area (Å²) in [7, 11) is 0. The second kappa shape index (κ2) is 8.78. The molecule has 1 aliphatic rings. The van der Waals surface area contributed by atoms with Crippen molar-refractivity contribution in [1.29, 1.82) is 0 Å². The number of likely N-dealkylation sites (tertiary alicyclic amines) is 1. The fourth-order valence-electron chi connectivity index (χ4n) is 3.12. The highest BCUT2D eigenvalue weighted by atomic mass is 32.1. The molecule has 6 heteroatoms. The summed E-state index contributed by atoms with van der Waals surface area (Å²) in [6.45, 7) is 2.67. The Morgan fingerprint density at radius 3 is 2.52 bits per heavy atom. The van der Waals surface area contributed by atoms with Gasteiger partial charge in [0, 0.05) is 17.5 Å². The molecule has 3 rings (SSSR count). The first-order valence-corrected chi connectivity index (χ1v) is 9.54. The van der Waals surface area contributed by atoms with Gasteiger partial charge in [0.05, 0.1) is 12.6 Å². The van der Waals surface area contributed by atoms with E-state index in [1.807, 2.05) is 23.6 Å². The van der Waals surface area contributed by atoms with E-state index < -0.39 is 0 Å². The lowest BCUT2D eigenvalue weighted by atomic mass is 10.1. The van der Waals surface area contributed by atoms with Gasteiger partial charge in [0.25, 0.3) is 5.91 Å². The van der Waals surface area contributed by atoms with Crippen LogP contribution in [0, 0.1) is 0 Å². The van der Waals surface area contributed by atoms with Gasteiger partial charge in [0.2, 0.25) is 5.91 Å². The Balaban J connectivity index is 1.52. The molecule has 5 nitrogen and oxygen atoms in total. The van der Waals surface area contributed by atoms with Gasteiger partial charge in [-0.2, -0.15) is 11.3 Å². The van der Waals surface area contributed by atoms with E-state index in [9.17, 15) is 9.59 Å². The highest BCUT2D eigenvalue weighted by Gasteiger charge is 2.23. The van der Waals surface area contributed by atoms with Crippen molar-refractivity contribution >= 4 is 23.2 Å². The van der Waals surface area contributed by atoms with Gasteiger partial charge in [-0.3, -0.25) is 14.5 Å². The standard InChI is InChI=1S/C19H23N3O2S/c23-18(13-21-19(24)16-8-11-25-14-16)20-12-17(22-9-4-5-10-22)15-6-2-1-3-7-15/h1-3,6-8,11,14,17H,4-5,9-10,12-13H2,(H,20,23)(H,21,24). The van der Waals surface area contributed by atoms with E-state index >= 15 is 0 Å². The first-order valence-electron chi connectivity index (χ1n) is 8.60. The van der Waals surface area contributed by atoms with Crippen molar-refractivity contribution in [3.8, 4) is 0 Å². The van der Waals surface area contributed by atoms with Crippen molar-refractivity contribution in [1.82, 2.24) is 15.5 Å². The molecule has 1 aromatic carbocycles. The van der Waals surface area contributed by atoms with Crippen LogP contribution in [0.1, 0.15) is 34.8 Å². The summed E-state index contributed by atoms with van der Waals surface area (Å²) in [4.78, 5) is 26.4. The Morgan fingerprint density at radius 1 is 1.08 bits per heavy atom. The third-order valence-corrected chi connectivity index (χ3v) is 5.13. The summed E-state index contributed by atoms with van der Waals surface area (Å²) >= 11 is 1.46. The minimum atomic E-state index is -0.212. The average Bonchev–Trinajstić information content (AvgIpc) is 3.34. The zero-order chi connectivity index (χ0) is 17.5. The van der Waals surface area contributed by atoms with E-state index in [1.165, 1.54) is 29.7 Å². The quantitative estimate of drug-likeness (QED) is 0.800. The van der Waals surface area contributed by atoms with Gasteiger partial charge in [-0.05, 0) is 42.9 Å². The van der Waals surface area contributed by atoms with Gasteiger partial charge < -0.3 is 10.6 Å². The molecule has 0 bridgehead atoms. The first-order chi connectivity index (χ1) is 12.2. The molecule has 1 unspecified atom stereocenters. The zero-order valence-electron chi connectivity index (χ0n) is 14.1. The van der Waals surface area contributed by atoms with Crippen LogP contribution < -0.4 is 10.6 Å². The van der Waals surface area contributed by atoms with Gasteiger partial charge in [-0.25, -0.2) is 0 Å². The monoisotopic (exact) mass is 357 g/mol. The molecule has 1 saturated heterocycles. The third-order valence-electron chi connectivity index (χ3n) is 4.45. The van der Waals surface area contributed by atoms with Crippen molar-refractivity contribution in [3.05, 3.63) is 58.3 Å². The molecule has 132 valence electrons. The van der Waals surface area contributed by atoms with Crippen LogP contribution in [0.2, 0.25) is 0 Å². The number of nitrogens with zero attached hydrogens (tertiary/aromatic N) is 1. The predicted octanol–water partition coefficient (Wildman–Crippen LogP) is 2.43. The van der Waals surface area contributed by atoms with Gasteiger partial charge >= 0.3 is 0 Å². The Bertz CT molecular complexity index is 682. The number of carbonyl (C=O) groups excluding carboxylic acids is 2. The number of nitrogens with one attached hydrogen (secondary N) is 2. The summed E-state index contributed by atoms with van der Waals surface area (Å²) in [5.41, 5.74) is 1.81. The van der Waals surface area contributed by atoms with Crippen LogP contribution in [0.15, 0.2) is 47.2 Å². The zero-order valence-corrected chi connectivity index (χ0v) is 14.9. The predicted molar refractivity (Wildman–Crippen MR) is 99.7 cm³/mol. The van der Waals surface area contributed by atoms with Crippen molar-refractivity contribution in [3.63, 3.8) is 0 Å². The normalized spacial score (nSPS) is 15.7. The summed E-state index contributed by atoms with van der Waals surface area (Å²) in [6.07, 6.45) is 2.40. The molecule has 25 heavy (non-hydrogen) atoms. The van der Waals surface area contributed by atoms with Crippen molar-refractivity contribution in [2.75, 3.05) is 26.2 Å². The Kier molecular flexibility index (Phi) is 6.19. The van der Waals surface area contributed by atoms with E-state index in [0.717, 1.165) is 13.1 Å². The maximum Gasteiger partial charge on any atom is 0.252 e. The van der Waals surface area contributed by atoms with Gasteiger partial charge in [0.15, 0.2) is 0 Å². The van der Waals surface area contributed by atoms with Crippen LogP contribution in [0.4, 0.5) is 0 Å². The van der Waals surface area contributed by atoms with Crippen LogP contribution in [0.5, 0.6) is 0 Å². The van der Waals surface area contributed by atoms with E-state index in [2.05, 4.69) is 27.7 Å². The molecule has 0 spiro atoms. The molecule has 0 saturated carbocycles. The van der Waals surface area contributed by atoms with Crippen molar-refractivity contribution in [2.45, 2.75) is 18.9 Å². The van der Waals surface area contributed by atoms with E-state index in [0.29, 0.717) is 12.1 Å². The smallest absolute Gasteiger partial charge is 0.252 e. The van der Waals surface area contributed by atoms with Crippen LogP contribution >= 0.6 is 11.3 Å². The topological polar surface area (TPSA) is 61.4 Å². The fourth-order valence-corrected chi connectivity index (χ4v) is 3.75. The largest absolute Gasteiger partial charge is 0.353 e. The number of benzene rings is 1. The van der Waals surface area contributed by atoms with Crippen LogP contribution in [-0.2, 0) is 4.79 Å². The van der Waals surface area contributed by atoms with Gasteiger partial charge in [-0.15, -0.1) is 0 Å². The molecular formula is C19H23N3O2S. The number of amides is 2. The number of rotatable bonds is 7. The number of hydrogen-bond acceptors (Lipinski definition) is 4. The molecule has 0 aliphatic carbocycles. The molecule has 1 atom stereocenters. The average molecular weight is 357 g/mol. The van der Waals surface area contributed by atoms with Crippen LogP contribution in [0.3, 0.4) is 0 Å². The van der Waals surface area contributed by atoms with Crippen LogP contribution in [-0.4, -0.2) is 42.9 Å². The molecule has 0 radical (unpaired) electrons. The maximum atomic E-state index is 12.1. The summed E-state index contributed by atoms with van der Waals surface area (Å²) in [6, 6.07) is 12.2. The highest BCUT2D eigenvalue weighted by Crippen LogP contribution is 2.24. The van der Waals surface area contributed by atoms with E-state index in [-0.39, 0.29) is 24.4 Å². The summed E-state index contributed by atoms with van der Waals surface area (Å²) in [5.74, 6) is -0.376. The van der Waals surface area contributed by atoms with E-state index in [4.69, 9.17) is 0 Å². The molecule has 1 aliphatic heterocycles. The molecule has 1 aromatic heterocycles. The Labute approximate surface area is 152 Å². The summed E-state index contributed by atoms with van der Waals surface area (Å²) < 4.78 is 0. The first kappa shape index (κ1) is 17.6. The molecular weight excluding hydrogens is 334 g/mol. The number of carbonyl (C=O) groups is 2. The number of hydrogen-bond donors (Lipinski definition) is 2. The minimum absolute atomic E-state index is 0.00378. The molecule has 2 amide bonds. The lowest BCUT2D eigenvalue weighted by Crippen LogP contribution is -2.41. The third kappa shape index (κ3) is 4.90. The van der Waals surface area contributed by atoms with Gasteiger partial charge in [-0.1, -0.05) is 30.3 Å². The van der Waals surface area contributed by atoms with Crippen LogP contribution in [0.25, 0.3) is 0 Å². The molecule has 2 aromatic rings. The maximum absolute atomic E-state index is 12.1. The van der Waals surface area contributed by atoms with Crippen molar-refractivity contribution in [2.24, 2.45) is 0 Å². The second-order valence-corrected chi connectivity index (χ2v) is 6.95. The second-order valence-electron chi connectivity index (χ2n) is 6.17. The Hall–Kier alpha value is -2.18. The van der Waals surface area contributed by atoms with E-state index in [1.54, 1.807) is 11.4 Å². The SMILES string of the molecule is O=C(CNC(=O)c1ccsc1)NCC(c1ccccc1)N1CCCC1. The lowest BCUT2D eigenvalue weighted by Gasteiger charge is -2.28. The highest BCUT2D eigenvalue weighted by molar-refractivity contribution is 7.08. The molecule has 1 fully saturated rings. The van der Waals surface area contributed by atoms with Gasteiger partial charge in [0.1, 0.15) is 0 Å². The minimum Gasteiger partial charge on any atom is -0.353 e. The molecule has 2 N–H and O–H groups in total.